The predicted molar refractivity (Wildman–Crippen MR) is 85.5 cm³/mol. The maximum Gasteiger partial charge on any atom is 0.328 e. The SMILES string of the molecule is CC(O)[C@H](NC(=O)N[C@@H](CC(=O)O)c1nc(N2CCCC2)no1)C(=O)O. The molecular formula is C14H21N5O7. The molecule has 0 aromatic carbocycles. The Morgan fingerprint density at radius 2 is 1.88 bits per heavy atom. The fourth-order valence-electron chi connectivity index (χ4n) is 2.52. The number of rotatable bonds is 8. The van der Waals surface area contributed by atoms with E-state index in [2.05, 4.69) is 20.8 Å². The minimum absolute atomic E-state index is 0.103. The maximum absolute atomic E-state index is 12.0. The highest BCUT2D eigenvalue weighted by Crippen LogP contribution is 2.21. The zero-order valence-electron chi connectivity index (χ0n) is 14.1. The number of urea groups is 1. The van der Waals surface area contributed by atoms with Crippen LogP contribution in [0, 0.1) is 0 Å². The second kappa shape index (κ2) is 8.47. The van der Waals surface area contributed by atoms with Crippen LogP contribution in [0.4, 0.5) is 10.7 Å². The molecule has 1 aliphatic heterocycles. The van der Waals surface area contributed by atoms with Crippen molar-refractivity contribution in [1.29, 1.82) is 0 Å². The molecule has 0 aliphatic carbocycles. The summed E-state index contributed by atoms with van der Waals surface area (Å²) in [5.41, 5.74) is 0. The molecule has 2 heterocycles. The summed E-state index contributed by atoms with van der Waals surface area (Å²) in [6.07, 6.45) is 0.0841. The van der Waals surface area contributed by atoms with Crippen LogP contribution in [0.1, 0.15) is 38.1 Å². The van der Waals surface area contributed by atoms with E-state index in [1.165, 1.54) is 6.92 Å². The lowest BCUT2D eigenvalue weighted by Crippen LogP contribution is -2.51. The Balaban J connectivity index is 2.08. The van der Waals surface area contributed by atoms with Crippen molar-refractivity contribution >= 4 is 23.9 Å². The highest BCUT2D eigenvalue weighted by Gasteiger charge is 2.29. The smallest absolute Gasteiger partial charge is 0.328 e. The van der Waals surface area contributed by atoms with Crippen molar-refractivity contribution in [2.75, 3.05) is 18.0 Å². The summed E-state index contributed by atoms with van der Waals surface area (Å²) in [5, 5.41) is 35.5. The van der Waals surface area contributed by atoms with Crippen molar-refractivity contribution in [2.24, 2.45) is 0 Å². The van der Waals surface area contributed by atoms with Crippen molar-refractivity contribution in [1.82, 2.24) is 20.8 Å². The van der Waals surface area contributed by atoms with E-state index >= 15 is 0 Å². The number of carboxylic acids is 2. The van der Waals surface area contributed by atoms with E-state index in [4.69, 9.17) is 14.7 Å². The molecule has 12 nitrogen and oxygen atoms in total. The summed E-state index contributed by atoms with van der Waals surface area (Å²) in [7, 11) is 0. The van der Waals surface area contributed by atoms with E-state index in [1.807, 2.05) is 4.90 Å². The van der Waals surface area contributed by atoms with Crippen molar-refractivity contribution in [3.63, 3.8) is 0 Å². The molecule has 1 unspecified atom stereocenters. The Bertz CT molecular complexity index is 656. The third-order valence-corrected chi connectivity index (χ3v) is 3.84. The average molecular weight is 371 g/mol. The van der Waals surface area contributed by atoms with Crippen molar-refractivity contribution < 1.29 is 34.2 Å². The van der Waals surface area contributed by atoms with Crippen molar-refractivity contribution in [2.45, 2.75) is 44.4 Å². The lowest BCUT2D eigenvalue weighted by Gasteiger charge is -2.19. The largest absolute Gasteiger partial charge is 0.481 e. The van der Waals surface area contributed by atoms with Crippen LogP contribution >= 0.6 is 0 Å². The summed E-state index contributed by atoms with van der Waals surface area (Å²) < 4.78 is 5.07. The van der Waals surface area contributed by atoms with Gasteiger partial charge in [-0.25, -0.2) is 9.59 Å². The van der Waals surface area contributed by atoms with Gasteiger partial charge >= 0.3 is 18.0 Å². The quantitative estimate of drug-likeness (QED) is 0.393. The monoisotopic (exact) mass is 371 g/mol. The molecule has 0 saturated carbocycles. The van der Waals surface area contributed by atoms with Crippen LogP contribution in [0.3, 0.4) is 0 Å². The van der Waals surface area contributed by atoms with E-state index in [1.54, 1.807) is 0 Å². The Morgan fingerprint density at radius 1 is 1.23 bits per heavy atom. The molecule has 1 fully saturated rings. The summed E-state index contributed by atoms with van der Waals surface area (Å²) in [5.74, 6) is -2.45. The van der Waals surface area contributed by atoms with Crippen LogP contribution in [0.2, 0.25) is 0 Å². The summed E-state index contributed by atoms with van der Waals surface area (Å²) in [6, 6.07) is -3.69. The number of aliphatic hydroxyl groups is 1. The Labute approximate surface area is 148 Å². The lowest BCUT2D eigenvalue weighted by molar-refractivity contribution is -0.142. The van der Waals surface area contributed by atoms with Gasteiger partial charge in [-0.1, -0.05) is 0 Å². The molecule has 2 rings (SSSR count). The Kier molecular flexibility index (Phi) is 6.33. The molecule has 2 amide bonds. The first kappa shape index (κ1) is 19.4. The molecule has 12 heteroatoms. The number of aromatic nitrogens is 2. The van der Waals surface area contributed by atoms with Gasteiger partial charge in [0.05, 0.1) is 12.5 Å². The normalized spacial score (nSPS) is 17.4. The van der Waals surface area contributed by atoms with Gasteiger partial charge in [-0.05, 0) is 24.9 Å². The van der Waals surface area contributed by atoms with E-state index in [0.717, 1.165) is 25.9 Å². The van der Waals surface area contributed by atoms with Gasteiger partial charge in [0.2, 0.25) is 0 Å². The van der Waals surface area contributed by atoms with Crippen LogP contribution in [-0.2, 0) is 9.59 Å². The first-order valence-electron chi connectivity index (χ1n) is 8.06. The third-order valence-electron chi connectivity index (χ3n) is 3.84. The predicted octanol–water partition coefficient (Wildman–Crippen LogP) is -0.681. The molecule has 0 bridgehead atoms. The van der Waals surface area contributed by atoms with Crippen LogP contribution in [0.5, 0.6) is 0 Å². The van der Waals surface area contributed by atoms with E-state index < -0.39 is 42.6 Å². The van der Waals surface area contributed by atoms with Crippen LogP contribution in [-0.4, -0.2) is 68.7 Å². The van der Waals surface area contributed by atoms with Crippen molar-refractivity contribution in [3.05, 3.63) is 5.89 Å². The first-order chi connectivity index (χ1) is 12.3. The molecule has 26 heavy (non-hydrogen) atoms. The fraction of sp³-hybridized carbons (Fsp3) is 0.643. The summed E-state index contributed by atoms with van der Waals surface area (Å²) in [6.45, 7) is 2.71. The lowest BCUT2D eigenvalue weighted by atomic mass is 10.2. The van der Waals surface area contributed by atoms with Crippen LogP contribution in [0.15, 0.2) is 4.52 Å². The zero-order valence-corrected chi connectivity index (χ0v) is 14.1. The minimum atomic E-state index is -1.55. The van der Waals surface area contributed by atoms with E-state index in [9.17, 15) is 19.5 Å². The molecular weight excluding hydrogens is 350 g/mol. The Hall–Kier alpha value is -2.89. The number of carbonyl (C=O) groups is 3. The molecule has 5 N–H and O–H groups in total. The molecule has 144 valence electrons. The number of hydrogen-bond acceptors (Lipinski definition) is 8. The third kappa shape index (κ3) is 5.05. The molecule has 1 aliphatic rings. The van der Waals surface area contributed by atoms with E-state index in [0.29, 0.717) is 5.95 Å². The number of amides is 2. The average Bonchev–Trinajstić information content (AvgIpc) is 3.21. The standard InChI is InChI=1S/C14H21N5O7/c1-7(20)10(12(23)24)16-14(25)15-8(6-9(21)22)11-17-13(18-26-11)19-4-2-3-5-19/h7-8,10,20H,2-6H2,1H3,(H,21,22)(H,23,24)(H2,15,16,25)/t7?,8-,10-/m0/s1. The van der Waals surface area contributed by atoms with Gasteiger partial charge < -0.3 is 35.4 Å². The highest BCUT2D eigenvalue weighted by atomic mass is 16.5. The van der Waals surface area contributed by atoms with Gasteiger partial charge in [0.1, 0.15) is 6.04 Å². The minimum Gasteiger partial charge on any atom is -0.481 e. The summed E-state index contributed by atoms with van der Waals surface area (Å²) >= 11 is 0. The molecule has 1 aromatic heterocycles. The number of aliphatic carboxylic acids is 2. The van der Waals surface area contributed by atoms with Crippen LogP contribution in [0.25, 0.3) is 0 Å². The number of nitrogens with one attached hydrogen (secondary N) is 2. The number of aliphatic hydroxyl groups excluding tert-OH is 1. The number of anilines is 1. The van der Waals surface area contributed by atoms with Gasteiger partial charge in [-0.2, -0.15) is 4.98 Å². The summed E-state index contributed by atoms with van der Waals surface area (Å²) in [4.78, 5) is 40.1. The van der Waals surface area contributed by atoms with Gasteiger partial charge in [0.15, 0.2) is 6.04 Å². The number of carbonyl (C=O) groups excluding carboxylic acids is 1. The second-order valence-corrected chi connectivity index (χ2v) is 5.95. The maximum atomic E-state index is 12.0. The van der Waals surface area contributed by atoms with Gasteiger partial charge in [0.25, 0.3) is 11.8 Å². The molecule has 3 atom stereocenters. The number of nitrogens with zero attached hydrogens (tertiary/aromatic N) is 3. The van der Waals surface area contributed by atoms with Gasteiger partial charge in [-0.3, -0.25) is 4.79 Å². The topological polar surface area (TPSA) is 178 Å². The van der Waals surface area contributed by atoms with Gasteiger partial charge in [-0.15, -0.1) is 0 Å². The molecule has 0 spiro atoms. The molecule has 0 radical (unpaired) electrons. The number of hydrogen-bond donors (Lipinski definition) is 5. The molecule has 1 saturated heterocycles. The van der Waals surface area contributed by atoms with Crippen molar-refractivity contribution in [3.8, 4) is 0 Å². The first-order valence-corrected chi connectivity index (χ1v) is 8.06. The Morgan fingerprint density at radius 3 is 2.42 bits per heavy atom. The zero-order chi connectivity index (χ0) is 19.3. The fourth-order valence-corrected chi connectivity index (χ4v) is 2.52. The van der Waals surface area contributed by atoms with E-state index in [-0.39, 0.29) is 5.89 Å². The molecule has 1 aromatic rings. The number of carboxylic acid groups (broad SMARTS) is 2. The van der Waals surface area contributed by atoms with Crippen LogP contribution < -0.4 is 15.5 Å². The highest BCUT2D eigenvalue weighted by molar-refractivity contribution is 5.83. The van der Waals surface area contributed by atoms with Gasteiger partial charge in [0, 0.05) is 13.1 Å². The second-order valence-electron chi connectivity index (χ2n) is 5.95.